The van der Waals surface area contributed by atoms with Crippen molar-refractivity contribution in [1.82, 2.24) is 0 Å². The van der Waals surface area contributed by atoms with Gasteiger partial charge in [-0.1, -0.05) is 22.0 Å². The second kappa shape index (κ2) is 4.88. The summed E-state index contributed by atoms with van der Waals surface area (Å²) in [6.07, 6.45) is 0.534. The molecule has 0 bridgehead atoms. The molecule has 0 aliphatic carbocycles. The maximum atomic E-state index is 8.37. The van der Waals surface area contributed by atoms with Crippen LogP contribution >= 0.6 is 15.9 Å². The Hall–Kier alpha value is -1.01. The Bertz CT molecular complexity index is 328. The number of hydrogen-bond acceptors (Lipinski definition) is 2. The molecule has 1 rings (SSSR count). The van der Waals surface area contributed by atoms with E-state index in [0.717, 1.165) is 10.2 Å². The quantitative estimate of drug-likeness (QED) is 0.822. The van der Waals surface area contributed by atoms with E-state index in [1.54, 1.807) is 0 Å². The molecule has 1 aromatic carbocycles. The van der Waals surface area contributed by atoms with Crippen LogP contribution in [0, 0.1) is 18.3 Å². The minimum Gasteiger partial charge on any atom is -0.384 e. The SMILES string of the molecule is Cc1c(Br)cccc1NCCC#N. The van der Waals surface area contributed by atoms with Gasteiger partial charge in [-0.3, -0.25) is 0 Å². The summed E-state index contributed by atoms with van der Waals surface area (Å²) in [5.74, 6) is 0. The fourth-order valence-electron chi connectivity index (χ4n) is 1.05. The van der Waals surface area contributed by atoms with Crippen molar-refractivity contribution in [3.8, 4) is 6.07 Å². The van der Waals surface area contributed by atoms with Crippen LogP contribution < -0.4 is 5.32 Å². The highest BCUT2D eigenvalue weighted by Gasteiger charge is 1.99. The van der Waals surface area contributed by atoms with E-state index in [1.165, 1.54) is 5.56 Å². The molecule has 0 unspecified atom stereocenters. The van der Waals surface area contributed by atoms with Gasteiger partial charge in [-0.15, -0.1) is 0 Å². The van der Waals surface area contributed by atoms with E-state index in [2.05, 4.69) is 27.3 Å². The summed E-state index contributed by atoms with van der Waals surface area (Å²) >= 11 is 3.45. The molecule has 1 aromatic rings. The average molecular weight is 239 g/mol. The fourth-order valence-corrected chi connectivity index (χ4v) is 1.42. The molecule has 0 radical (unpaired) electrons. The van der Waals surface area contributed by atoms with Crippen molar-refractivity contribution in [2.24, 2.45) is 0 Å². The van der Waals surface area contributed by atoms with Crippen molar-refractivity contribution in [2.45, 2.75) is 13.3 Å². The molecule has 0 aliphatic rings. The van der Waals surface area contributed by atoms with Gasteiger partial charge in [0.05, 0.1) is 12.5 Å². The van der Waals surface area contributed by atoms with Crippen LogP contribution in [-0.2, 0) is 0 Å². The summed E-state index contributed by atoms with van der Waals surface area (Å²) in [5, 5.41) is 11.6. The maximum Gasteiger partial charge on any atom is 0.0640 e. The van der Waals surface area contributed by atoms with Gasteiger partial charge >= 0.3 is 0 Å². The molecule has 68 valence electrons. The van der Waals surface area contributed by atoms with Crippen molar-refractivity contribution in [3.63, 3.8) is 0 Å². The summed E-state index contributed by atoms with van der Waals surface area (Å²) < 4.78 is 1.09. The molecule has 0 saturated heterocycles. The first kappa shape index (κ1) is 10.1. The minimum atomic E-state index is 0.534. The lowest BCUT2D eigenvalue weighted by Crippen LogP contribution is -2.01. The Balaban J connectivity index is 2.67. The van der Waals surface area contributed by atoms with E-state index in [1.807, 2.05) is 25.1 Å². The van der Waals surface area contributed by atoms with Crippen LogP contribution in [0.2, 0.25) is 0 Å². The number of nitrogens with zero attached hydrogens (tertiary/aromatic N) is 1. The van der Waals surface area contributed by atoms with Gasteiger partial charge in [0.2, 0.25) is 0 Å². The summed E-state index contributed by atoms with van der Waals surface area (Å²) in [5.41, 5.74) is 2.27. The lowest BCUT2D eigenvalue weighted by molar-refractivity contribution is 1.07. The predicted octanol–water partition coefficient (Wildman–Crippen LogP) is 3.08. The van der Waals surface area contributed by atoms with Crippen molar-refractivity contribution < 1.29 is 0 Å². The fraction of sp³-hybridized carbons (Fsp3) is 0.300. The predicted molar refractivity (Wildman–Crippen MR) is 57.6 cm³/mol. The van der Waals surface area contributed by atoms with Crippen LogP contribution in [0.15, 0.2) is 22.7 Å². The van der Waals surface area contributed by atoms with Gasteiger partial charge in [0.15, 0.2) is 0 Å². The third-order valence-electron chi connectivity index (χ3n) is 1.82. The van der Waals surface area contributed by atoms with Crippen LogP contribution in [0.4, 0.5) is 5.69 Å². The largest absolute Gasteiger partial charge is 0.384 e. The second-order valence-electron chi connectivity index (χ2n) is 2.75. The third-order valence-corrected chi connectivity index (χ3v) is 2.68. The van der Waals surface area contributed by atoms with Crippen LogP contribution in [0.1, 0.15) is 12.0 Å². The molecule has 1 N–H and O–H groups in total. The molecule has 0 aliphatic heterocycles. The standard InChI is InChI=1S/C10H11BrN2/c1-8-9(11)4-2-5-10(8)13-7-3-6-12/h2,4-5,13H,3,7H2,1H3. The Kier molecular flexibility index (Phi) is 3.78. The molecule has 0 atom stereocenters. The highest BCUT2D eigenvalue weighted by molar-refractivity contribution is 9.10. The van der Waals surface area contributed by atoms with Gasteiger partial charge in [0.1, 0.15) is 0 Å². The second-order valence-corrected chi connectivity index (χ2v) is 3.60. The zero-order valence-corrected chi connectivity index (χ0v) is 9.06. The lowest BCUT2D eigenvalue weighted by Gasteiger charge is -2.08. The highest BCUT2D eigenvalue weighted by atomic mass is 79.9. The average Bonchev–Trinajstić information content (AvgIpc) is 2.13. The third kappa shape index (κ3) is 2.74. The van der Waals surface area contributed by atoms with Gasteiger partial charge in [0.25, 0.3) is 0 Å². The van der Waals surface area contributed by atoms with Gasteiger partial charge in [-0.2, -0.15) is 5.26 Å². The van der Waals surface area contributed by atoms with Gasteiger partial charge in [0, 0.05) is 16.7 Å². The molecule has 0 fully saturated rings. The van der Waals surface area contributed by atoms with Gasteiger partial charge in [-0.05, 0) is 24.6 Å². The molecule has 0 amide bonds. The van der Waals surface area contributed by atoms with Crippen molar-refractivity contribution in [2.75, 3.05) is 11.9 Å². The number of nitriles is 1. The summed E-state index contributed by atoms with van der Waals surface area (Å²) in [7, 11) is 0. The number of hydrogen-bond donors (Lipinski definition) is 1. The monoisotopic (exact) mass is 238 g/mol. The van der Waals surface area contributed by atoms with E-state index < -0.39 is 0 Å². The maximum absolute atomic E-state index is 8.37. The molecule has 0 aromatic heterocycles. The first-order chi connectivity index (χ1) is 6.25. The van der Waals surface area contributed by atoms with Crippen molar-refractivity contribution in [3.05, 3.63) is 28.2 Å². The van der Waals surface area contributed by atoms with Crippen molar-refractivity contribution in [1.29, 1.82) is 5.26 Å². The Labute approximate surface area is 86.7 Å². The smallest absolute Gasteiger partial charge is 0.0640 e. The normalized spacial score (nSPS) is 9.31. The zero-order chi connectivity index (χ0) is 9.68. The summed E-state index contributed by atoms with van der Waals surface area (Å²) in [4.78, 5) is 0. The van der Waals surface area contributed by atoms with Crippen molar-refractivity contribution >= 4 is 21.6 Å². The van der Waals surface area contributed by atoms with E-state index in [-0.39, 0.29) is 0 Å². The Morgan fingerprint density at radius 1 is 1.54 bits per heavy atom. The topological polar surface area (TPSA) is 35.8 Å². The molecule has 0 saturated carbocycles. The van der Waals surface area contributed by atoms with Crippen LogP contribution in [0.3, 0.4) is 0 Å². The molecular formula is C10H11BrN2. The Morgan fingerprint density at radius 3 is 3.00 bits per heavy atom. The number of benzene rings is 1. The number of nitrogens with one attached hydrogen (secondary N) is 1. The molecule has 0 heterocycles. The first-order valence-electron chi connectivity index (χ1n) is 4.11. The highest BCUT2D eigenvalue weighted by Crippen LogP contribution is 2.23. The number of rotatable bonds is 3. The summed E-state index contributed by atoms with van der Waals surface area (Å²) in [6.45, 7) is 2.74. The van der Waals surface area contributed by atoms with Crippen LogP contribution in [0.5, 0.6) is 0 Å². The van der Waals surface area contributed by atoms with Gasteiger partial charge < -0.3 is 5.32 Å². The number of anilines is 1. The first-order valence-corrected chi connectivity index (χ1v) is 4.91. The van der Waals surface area contributed by atoms with E-state index in [4.69, 9.17) is 5.26 Å². The molecule has 0 spiro atoms. The number of halogens is 1. The van der Waals surface area contributed by atoms with E-state index >= 15 is 0 Å². The molecule has 13 heavy (non-hydrogen) atoms. The molecular weight excluding hydrogens is 228 g/mol. The van der Waals surface area contributed by atoms with Crippen LogP contribution in [0.25, 0.3) is 0 Å². The molecule has 3 heteroatoms. The minimum absolute atomic E-state index is 0.534. The van der Waals surface area contributed by atoms with E-state index in [0.29, 0.717) is 13.0 Å². The zero-order valence-electron chi connectivity index (χ0n) is 7.47. The molecule has 2 nitrogen and oxygen atoms in total. The Morgan fingerprint density at radius 2 is 2.31 bits per heavy atom. The summed E-state index contributed by atoms with van der Waals surface area (Å²) in [6, 6.07) is 8.09. The van der Waals surface area contributed by atoms with Crippen LogP contribution in [-0.4, -0.2) is 6.54 Å². The lowest BCUT2D eigenvalue weighted by atomic mass is 10.2. The van der Waals surface area contributed by atoms with Gasteiger partial charge in [-0.25, -0.2) is 0 Å². The van der Waals surface area contributed by atoms with E-state index in [9.17, 15) is 0 Å².